The molecule has 0 bridgehead atoms. The molecule has 2 aromatic carbocycles. The molecule has 5 nitrogen and oxygen atoms in total. The van der Waals surface area contributed by atoms with Crippen molar-refractivity contribution in [1.82, 2.24) is 0 Å². The van der Waals surface area contributed by atoms with Gasteiger partial charge in [-0.15, -0.1) is 24.0 Å². The van der Waals surface area contributed by atoms with Gasteiger partial charge < -0.3 is 20.5 Å². The van der Waals surface area contributed by atoms with E-state index in [0.29, 0.717) is 24.0 Å². The van der Waals surface area contributed by atoms with Crippen molar-refractivity contribution in [2.75, 3.05) is 26.1 Å². The van der Waals surface area contributed by atoms with Gasteiger partial charge in [-0.05, 0) is 42.7 Å². The zero-order valence-electron chi connectivity index (χ0n) is 14.8. The second kappa shape index (κ2) is 8.94. The minimum Gasteiger partial charge on any atom is -0.493 e. The van der Waals surface area contributed by atoms with Crippen molar-refractivity contribution in [1.29, 1.82) is 0 Å². The number of methoxy groups -OCH3 is 2. The molecule has 0 saturated heterocycles. The highest BCUT2D eigenvalue weighted by molar-refractivity contribution is 14.0. The highest BCUT2D eigenvalue weighted by Crippen LogP contribution is 2.48. The maximum atomic E-state index is 6.07. The summed E-state index contributed by atoms with van der Waals surface area (Å²) in [5, 5.41) is 3.11. The van der Waals surface area contributed by atoms with Crippen LogP contribution in [0.15, 0.2) is 51.9 Å². The van der Waals surface area contributed by atoms with Crippen molar-refractivity contribution in [3.63, 3.8) is 0 Å². The maximum absolute atomic E-state index is 6.07. The number of ether oxygens (including phenoxy) is 2. The molecule has 3 rings (SSSR count). The first-order valence-corrected chi connectivity index (χ1v) is 8.91. The third-order valence-corrected chi connectivity index (χ3v) is 4.99. The van der Waals surface area contributed by atoms with Crippen molar-refractivity contribution in [3.8, 4) is 11.5 Å². The van der Waals surface area contributed by atoms with Crippen LogP contribution >= 0.6 is 39.9 Å². The van der Waals surface area contributed by atoms with E-state index in [1.54, 1.807) is 14.2 Å². The van der Waals surface area contributed by atoms with E-state index in [0.717, 1.165) is 23.0 Å². The lowest BCUT2D eigenvalue weighted by Gasteiger charge is -2.15. The van der Waals surface area contributed by atoms with E-state index in [1.165, 1.54) is 5.56 Å². The molecule has 0 aliphatic heterocycles. The minimum absolute atomic E-state index is 0. The smallest absolute Gasteiger partial charge is 0.193 e. The molecule has 0 atom stereocenters. The van der Waals surface area contributed by atoms with Gasteiger partial charge in [-0.1, -0.05) is 28.1 Å². The van der Waals surface area contributed by atoms with Crippen LogP contribution in [0, 0.1) is 0 Å². The molecule has 140 valence electrons. The Morgan fingerprint density at radius 2 is 1.88 bits per heavy atom. The molecular formula is C19H23BrIN3O2. The first-order chi connectivity index (χ1) is 12.1. The number of nitrogens with zero attached hydrogens (tertiary/aromatic N) is 1. The Balaban J connectivity index is 0.00000243. The van der Waals surface area contributed by atoms with Gasteiger partial charge in [-0.25, -0.2) is 0 Å². The van der Waals surface area contributed by atoms with Gasteiger partial charge in [0.15, 0.2) is 17.5 Å². The monoisotopic (exact) mass is 531 g/mol. The molecule has 0 aromatic heterocycles. The highest BCUT2D eigenvalue weighted by Gasteiger charge is 2.44. The van der Waals surface area contributed by atoms with Crippen LogP contribution in [0.2, 0.25) is 0 Å². The Bertz CT molecular complexity index is 794. The number of nitrogens with one attached hydrogen (secondary N) is 1. The molecule has 3 N–H and O–H groups in total. The van der Waals surface area contributed by atoms with Crippen molar-refractivity contribution < 1.29 is 9.47 Å². The standard InChI is InChI=1S/C19H22BrN3O2.HI/c1-24-16-7-6-15(11-17(16)25-2)23-18(21)22-12-19(8-9-19)13-4-3-5-14(20)10-13;/h3-7,10-11H,8-9,12H2,1-2H3,(H3,21,22,23);1H. The first-order valence-electron chi connectivity index (χ1n) is 8.11. The summed E-state index contributed by atoms with van der Waals surface area (Å²) in [6.45, 7) is 0.676. The summed E-state index contributed by atoms with van der Waals surface area (Å²) in [4.78, 5) is 4.55. The lowest BCUT2D eigenvalue weighted by Crippen LogP contribution is -2.25. The fourth-order valence-corrected chi connectivity index (χ4v) is 3.24. The van der Waals surface area contributed by atoms with Crippen LogP contribution < -0.4 is 20.5 Å². The maximum Gasteiger partial charge on any atom is 0.193 e. The van der Waals surface area contributed by atoms with E-state index in [4.69, 9.17) is 15.2 Å². The quantitative estimate of drug-likeness (QED) is 0.326. The van der Waals surface area contributed by atoms with Gasteiger partial charge in [0.2, 0.25) is 0 Å². The first kappa shape index (κ1) is 20.8. The predicted molar refractivity (Wildman–Crippen MR) is 120 cm³/mol. The Morgan fingerprint density at radius 1 is 1.15 bits per heavy atom. The predicted octanol–water partition coefficient (Wildman–Crippen LogP) is 4.54. The second-order valence-electron chi connectivity index (χ2n) is 6.19. The van der Waals surface area contributed by atoms with Gasteiger partial charge in [0.05, 0.1) is 20.8 Å². The molecule has 1 aliphatic carbocycles. The number of nitrogens with two attached hydrogens (primary N) is 1. The molecule has 0 heterocycles. The molecule has 0 unspecified atom stereocenters. The average molecular weight is 532 g/mol. The average Bonchev–Trinajstić information content (AvgIpc) is 3.41. The summed E-state index contributed by atoms with van der Waals surface area (Å²) in [6, 6.07) is 14.0. The Labute approximate surface area is 179 Å². The topological polar surface area (TPSA) is 68.9 Å². The van der Waals surface area contributed by atoms with Crippen LogP contribution in [-0.2, 0) is 5.41 Å². The molecule has 0 amide bonds. The number of hydrogen-bond acceptors (Lipinski definition) is 3. The lowest BCUT2D eigenvalue weighted by atomic mass is 9.96. The van der Waals surface area contributed by atoms with Gasteiger partial charge in [0.1, 0.15) is 0 Å². The third kappa shape index (κ3) is 4.82. The van der Waals surface area contributed by atoms with Crippen LogP contribution in [0.1, 0.15) is 18.4 Å². The van der Waals surface area contributed by atoms with Crippen LogP contribution in [-0.4, -0.2) is 26.7 Å². The Hall–Kier alpha value is -1.48. The Kier molecular flexibility index (Phi) is 7.16. The number of hydrogen-bond donors (Lipinski definition) is 2. The molecule has 1 aliphatic rings. The molecule has 0 radical (unpaired) electrons. The summed E-state index contributed by atoms with van der Waals surface area (Å²) in [6.07, 6.45) is 2.27. The van der Waals surface area contributed by atoms with Crippen LogP contribution in [0.4, 0.5) is 5.69 Å². The molecule has 0 spiro atoms. The van der Waals surface area contributed by atoms with E-state index in [1.807, 2.05) is 24.3 Å². The Morgan fingerprint density at radius 3 is 2.50 bits per heavy atom. The highest BCUT2D eigenvalue weighted by atomic mass is 127. The van der Waals surface area contributed by atoms with Crippen molar-refractivity contribution >= 4 is 51.6 Å². The number of halogens is 2. The van der Waals surface area contributed by atoms with E-state index < -0.39 is 0 Å². The molecule has 1 saturated carbocycles. The van der Waals surface area contributed by atoms with E-state index in [2.05, 4.69) is 44.4 Å². The summed E-state index contributed by atoms with van der Waals surface area (Å²) in [5.74, 6) is 1.72. The van der Waals surface area contributed by atoms with Gasteiger partial charge in [0, 0.05) is 21.6 Å². The molecule has 1 fully saturated rings. The van der Waals surface area contributed by atoms with Gasteiger partial charge in [-0.3, -0.25) is 4.99 Å². The molecule has 26 heavy (non-hydrogen) atoms. The third-order valence-electron chi connectivity index (χ3n) is 4.50. The summed E-state index contributed by atoms with van der Waals surface area (Å²) >= 11 is 3.54. The summed E-state index contributed by atoms with van der Waals surface area (Å²) in [5.41, 5.74) is 8.31. The van der Waals surface area contributed by atoms with Gasteiger partial charge >= 0.3 is 0 Å². The SMILES string of the molecule is COc1ccc(NC(N)=NCC2(c3cccc(Br)c3)CC2)cc1OC.I. The van der Waals surface area contributed by atoms with Crippen molar-refractivity contribution in [2.24, 2.45) is 10.7 Å². The van der Waals surface area contributed by atoms with Crippen molar-refractivity contribution in [3.05, 3.63) is 52.5 Å². The van der Waals surface area contributed by atoms with Crippen LogP contribution in [0.3, 0.4) is 0 Å². The molecule has 2 aromatic rings. The van der Waals surface area contributed by atoms with Crippen molar-refractivity contribution in [2.45, 2.75) is 18.3 Å². The summed E-state index contributed by atoms with van der Waals surface area (Å²) < 4.78 is 11.6. The fraction of sp³-hybridized carbons (Fsp3) is 0.316. The second-order valence-corrected chi connectivity index (χ2v) is 7.10. The van der Waals surface area contributed by atoms with Crippen LogP contribution in [0.5, 0.6) is 11.5 Å². The normalized spacial score (nSPS) is 15.0. The number of benzene rings is 2. The zero-order chi connectivity index (χ0) is 17.9. The van der Waals surface area contributed by atoms with E-state index in [-0.39, 0.29) is 29.4 Å². The van der Waals surface area contributed by atoms with E-state index in [9.17, 15) is 0 Å². The number of anilines is 1. The zero-order valence-corrected chi connectivity index (χ0v) is 18.7. The fourth-order valence-electron chi connectivity index (χ4n) is 2.85. The number of rotatable bonds is 6. The van der Waals surface area contributed by atoms with Crippen LogP contribution in [0.25, 0.3) is 0 Å². The lowest BCUT2D eigenvalue weighted by molar-refractivity contribution is 0.355. The van der Waals surface area contributed by atoms with Gasteiger partial charge in [-0.2, -0.15) is 0 Å². The van der Waals surface area contributed by atoms with Gasteiger partial charge in [0.25, 0.3) is 0 Å². The number of aliphatic imine (C=N–C) groups is 1. The number of guanidine groups is 1. The van der Waals surface area contributed by atoms with E-state index >= 15 is 0 Å². The minimum atomic E-state index is 0. The molecule has 7 heteroatoms. The largest absolute Gasteiger partial charge is 0.493 e. The molecular weight excluding hydrogens is 509 g/mol. The summed E-state index contributed by atoms with van der Waals surface area (Å²) in [7, 11) is 3.21.